The number of allylic oxidation sites excluding steroid dienone is 2. The average molecular weight is 831 g/mol. The van der Waals surface area contributed by atoms with E-state index >= 15 is 0 Å². The van der Waals surface area contributed by atoms with Crippen molar-refractivity contribution in [1.82, 2.24) is 0 Å². The van der Waals surface area contributed by atoms with E-state index in [0.717, 1.165) is 32.1 Å². The van der Waals surface area contributed by atoms with Crippen LogP contribution in [0.5, 0.6) is 0 Å². The maximum absolute atomic E-state index is 12.7. The van der Waals surface area contributed by atoms with Crippen LogP contribution >= 0.6 is 7.82 Å². The fraction of sp³-hybridized carbons (Fsp3) is 0.915. The lowest BCUT2D eigenvalue weighted by Crippen LogP contribution is -2.37. The lowest BCUT2D eigenvalue weighted by atomic mass is 10.0. The van der Waals surface area contributed by atoms with Crippen molar-refractivity contribution in [3.8, 4) is 0 Å². The molecule has 9 nitrogen and oxygen atoms in total. The highest BCUT2D eigenvalue weighted by Crippen LogP contribution is 2.43. The third-order valence-corrected chi connectivity index (χ3v) is 11.5. The van der Waals surface area contributed by atoms with Crippen molar-refractivity contribution in [2.75, 3.05) is 47.5 Å². The van der Waals surface area contributed by atoms with Gasteiger partial charge < -0.3 is 18.9 Å². The summed E-state index contributed by atoms with van der Waals surface area (Å²) >= 11 is 0. The molecule has 0 spiro atoms. The van der Waals surface area contributed by atoms with E-state index in [4.69, 9.17) is 18.5 Å². The Labute approximate surface area is 352 Å². The molecule has 0 heterocycles. The van der Waals surface area contributed by atoms with E-state index in [-0.39, 0.29) is 32.0 Å². The Balaban J connectivity index is 4.28. The van der Waals surface area contributed by atoms with E-state index in [9.17, 15) is 19.0 Å². The number of hydrogen-bond donors (Lipinski definition) is 1. The molecule has 2 atom stereocenters. The highest BCUT2D eigenvalue weighted by molar-refractivity contribution is 7.47. The quantitative estimate of drug-likeness (QED) is 0.0213. The fourth-order valence-electron chi connectivity index (χ4n) is 6.77. The Bertz CT molecular complexity index is 985. The zero-order valence-corrected chi connectivity index (χ0v) is 39.0. The molecule has 1 unspecified atom stereocenters. The summed E-state index contributed by atoms with van der Waals surface area (Å²) < 4.78 is 34.4. The van der Waals surface area contributed by atoms with Gasteiger partial charge in [-0.2, -0.15) is 0 Å². The highest BCUT2D eigenvalue weighted by atomic mass is 31.2. The Morgan fingerprint density at radius 3 is 1.30 bits per heavy atom. The molecule has 338 valence electrons. The van der Waals surface area contributed by atoms with Crippen LogP contribution in [0.3, 0.4) is 0 Å². The Morgan fingerprint density at radius 1 is 0.526 bits per heavy atom. The van der Waals surface area contributed by atoms with E-state index in [1.807, 2.05) is 21.1 Å². The highest BCUT2D eigenvalue weighted by Gasteiger charge is 2.27. The molecule has 0 radical (unpaired) electrons. The van der Waals surface area contributed by atoms with Gasteiger partial charge in [-0.05, 0) is 38.5 Å². The molecule has 0 aliphatic carbocycles. The van der Waals surface area contributed by atoms with E-state index < -0.39 is 26.5 Å². The van der Waals surface area contributed by atoms with Gasteiger partial charge in [0.1, 0.15) is 19.8 Å². The second kappa shape index (κ2) is 40.2. The van der Waals surface area contributed by atoms with Crippen molar-refractivity contribution < 1.29 is 42.1 Å². The maximum atomic E-state index is 12.7. The molecule has 10 heteroatoms. The molecular weight excluding hydrogens is 737 g/mol. The first-order valence-corrected chi connectivity index (χ1v) is 25.4. The number of phosphoric ester groups is 1. The molecule has 0 rings (SSSR count). The second-order valence-electron chi connectivity index (χ2n) is 17.5. The smallest absolute Gasteiger partial charge is 0.462 e. The van der Waals surface area contributed by atoms with Gasteiger partial charge in [-0.15, -0.1) is 0 Å². The van der Waals surface area contributed by atoms with Crippen LogP contribution in [-0.4, -0.2) is 74.9 Å². The Kier molecular flexibility index (Phi) is 39.3. The van der Waals surface area contributed by atoms with Gasteiger partial charge in [-0.3, -0.25) is 18.6 Å². The summed E-state index contributed by atoms with van der Waals surface area (Å²) in [5, 5.41) is 0. The standard InChI is InChI=1S/C47H92NO8P/c1-6-8-10-12-14-16-18-20-22-24-26-27-29-31-33-35-37-39-46(49)53-43-45(44-55-57(51,52)54-42-41-48(3,4)5)56-47(50)40-38-36-34-32-30-28-25-23-21-19-17-15-13-11-9-7-2/h20,22,45H,6-19,21,23-44H2,1-5H3/p+1/b22-20+/t45-/m1/s1. The van der Waals surface area contributed by atoms with Crippen molar-refractivity contribution >= 4 is 19.8 Å². The van der Waals surface area contributed by atoms with Crippen molar-refractivity contribution in [1.29, 1.82) is 0 Å². The summed E-state index contributed by atoms with van der Waals surface area (Å²) in [6, 6.07) is 0. The molecule has 0 fully saturated rings. The van der Waals surface area contributed by atoms with E-state index in [0.29, 0.717) is 17.4 Å². The summed E-state index contributed by atoms with van der Waals surface area (Å²) in [6.45, 7) is 4.45. The van der Waals surface area contributed by atoms with Gasteiger partial charge in [0.05, 0.1) is 27.7 Å². The number of likely N-dealkylation sites (N-methyl/N-ethyl adjacent to an activating group) is 1. The normalized spacial score (nSPS) is 13.6. The van der Waals surface area contributed by atoms with Gasteiger partial charge in [0, 0.05) is 12.8 Å². The van der Waals surface area contributed by atoms with Crippen molar-refractivity contribution in [3.05, 3.63) is 12.2 Å². The number of quaternary nitrogens is 1. The lowest BCUT2D eigenvalue weighted by molar-refractivity contribution is -0.870. The molecular formula is C47H93NO8P+. The Hall–Kier alpha value is -1.25. The number of carbonyl (C=O) groups is 2. The number of nitrogens with zero attached hydrogens (tertiary/aromatic N) is 1. The van der Waals surface area contributed by atoms with Gasteiger partial charge >= 0.3 is 19.8 Å². The van der Waals surface area contributed by atoms with Crippen LogP contribution in [0.25, 0.3) is 0 Å². The fourth-order valence-corrected chi connectivity index (χ4v) is 7.52. The predicted octanol–water partition coefficient (Wildman–Crippen LogP) is 13.8. The number of rotatable bonds is 44. The van der Waals surface area contributed by atoms with E-state index in [1.54, 1.807) is 0 Å². The number of carbonyl (C=O) groups excluding carboxylic acids is 2. The average Bonchev–Trinajstić information content (AvgIpc) is 3.16. The molecule has 1 N–H and O–H groups in total. The zero-order valence-electron chi connectivity index (χ0n) is 38.1. The number of hydrogen-bond acceptors (Lipinski definition) is 7. The summed E-state index contributed by atoms with van der Waals surface area (Å²) in [7, 11) is 1.49. The molecule has 0 aliphatic heterocycles. The number of phosphoric acid groups is 1. The van der Waals surface area contributed by atoms with Gasteiger partial charge in [0.15, 0.2) is 6.10 Å². The second-order valence-corrected chi connectivity index (χ2v) is 19.0. The van der Waals surface area contributed by atoms with E-state index in [2.05, 4.69) is 26.0 Å². The number of ether oxygens (including phenoxy) is 2. The molecule has 0 aliphatic rings. The minimum absolute atomic E-state index is 0.0344. The third-order valence-electron chi connectivity index (χ3n) is 10.5. The van der Waals surface area contributed by atoms with Crippen LogP contribution in [0.1, 0.15) is 226 Å². The lowest BCUT2D eigenvalue weighted by Gasteiger charge is -2.24. The zero-order chi connectivity index (χ0) is 42.1. The van der Waals surface area contributed by atoms with E-state index in [1.165, 1.54) is 161 Å². The summed E-state index contributed by atoms with van der Waals surface area (Å²) in [5.41, 5.74) is 0. The first-order valence-electron chi connectivity index (χ1n) is 23.9. The number of esters is 2. The molecule has 57 heavy (non-hydrogen) atoms. The molecule has 0 aromatic rings. The summed E-state index contributed by atoms with van der Waals surface area (Å²) in [4.78, 5) is 35.4. The Morgan fingerprint density at radius 2 is 0.895 bits per heavy atom. The van der Waals surface area contributed by atoms with Gasteiger partial charge in [0.2, 0.25) is 0 Å². The predicted molar refractivity (Wildman–Crippen MR) is 238 cm³/mol. The van der Waals surface area contributed by atoms with Crippen molar-refractivity contribution in [2.45, 2.75) is 232 Å². The van der Waals surface area contributed by atoms with Crippen LogP contribution in [0, 0.1) is 0 Å². The SMILES string of the molecule is CCCCCCCC/C=C/CCCCCCCCCC(=O)OC[C@H](COP(=O)(O)OCC[N+](C)(C)C)OC(=O)CCCCCCCCCCCCCCCCCC. The maximum Gasteiger partial charge on any atom is 0.472 e. The molecule has 0 aromatic carbocycles. The summed E-state index contributed by atoms with van der Waals surface area (Å²) in [5.74, 6) is -0.791. The largest absolute Gasteiger partial charge is 0.472 e. The monoisotopic (exact) mass is 831 g/mol. The minimum Gasteiger partial charge on any atom is -0.462 e. The molecule has 0 bridgehead atoms. The van der Waals surface area contributed by atoms with Crippen LogP contribution in [0.15, 0.2) is 12.2 Å². The molecule has 0 saturated heterocycles. The first kappa shape index (κ1) is 55.8. The number of unbranched alkanes of at least 4 members (excludes halogenated alkanes) is 28. The third kappa shape index (κ3) is 44.1. The van der Waals surface area contributed by atoms with Gasteiger partial charge in [-0.1, -0.05) is 187 Å². The first-order chi connectivity index (χ1) is 27.5. The molecule has 0 aromatic heterocycles. The van der Waals surface area contributed by atoms with Crippen LogP contribution < -0.4 is 0 Å². The minimum atomic E-state index is -4.37. The van der Waals surface area contributed by atoms with Crippen LogP contribution in [0.2, 0.25) is 0 Å². The summed E-state index contributed by atoms with van der Waals surface area (Å²) in [6.07, 6.45) is 42.5. The van der Waals surface area contributed by atoms with Crippen LogP contribution in [-0.2, 0) is 32.7 Å². The topological polar surface area (TPSA) is 108 Å². The van der Waals surface area contributed by atoms with Crippen LogP contribution in [0.4, 0.5) is 0 Å². The molecule has 0 amide bonds. The molecule has 0 saturated carbocycles. The van der Waals surface area contributed by atoms with Crippen molar-refractivity contribution in [2.24, 2.45) is 0 Å². The van der Waals surface area contributed by atoms with Gasteiger partial charge in [-0.25, -0.2) is 4.57 Å². The van der Waals surface area contributed by atoms with Gasteiger partial charge in [0.25, 0.3) is 0 Å². The van der Waals surface area contributed by atoms with Crippen molar-refractivity contribution in [3.63, 3.8) is 0 Å².